The Balaban J connectivity index is 0.930. The minimum absolute atomic E-state index is 1.11. The van der Waals surface area contributed by atoms with Gasteiger partial charge >= 0.3 is 0 Å². The Morgan fingerprint density at radius 1 is 0.274 bits per heavy atom. The Hall–Kier alpha value is -8.20. The molecular formula is C60H40N2. The molecule has 12 aromatic rings. The molecule has 0 saturated carbocycles. The summed E-state index contributed by atoms with van der Waals surface area (Å²) in [5.74, 6) is 0. The zero-order chi connectivity index (χ0) is 41.0. The number of aromatic nitrogens is 1. The van der Waals surface area contributed by atoms with E-state index in [2.05, 4.69) is 252 Å². The van der Waals surface area contributed by atoms with Crippen LogP contribution in [-0.4, -0.2) is 4.40 Å². The Kier molecular flexibility index (Phi) is 8.53. The summed E-state index contributed by atoms with van der Waals surface area (Å²) in [4.78, 5) is 2.38. The van der Waals surface area contributed by atoms with Crippen LogP contribution in [-0.2, 0) is 0 Å². The van der Waals surface area contributed by atoms with Gasteiger partial charge in [0.15, 0.2) is 0 Å². The van der Waals surface area contributed by atoms with Gasteiger partial charge in [-0.05, 0) is 98.2 Å². The lowest BCUT2D eigenvalue weighted by atomic mass is 9.95. The van der Waals surface area contributed by atoms with Gasteiger partial charge in [-0.25, -0.2) is 0 Å². The Morgan fingerprint density at radius 2 is 0.726 bits per heavy atom. The third kappa shape index (κ3) is 5.96. The van der Waals surface area contributed by atoms with Crippen LogP contribution in [0.15, 0.2) is 243 Å². The van der Waals surface area contributed by atoms with Gasteiger partial charge in [0.2, 0.25) is 0 Å². The van der Waals surface area contributed by atoms with Crippen molar-refractivity contribution in [3.63, 3.8) is 0 Å². The van der Waals surface area contributed by atoms with E-state index in [0.717, 1.165) is 17.1 Å². The van der Waals surface area contributed by atoms with Crippen molar-refractivity contribution in [3.05, 3.63) is 243 Å². The second kappa shape index (κ2) is 14.8. The number of fused-ring (bicyclic) bond motifs is 9. The molecule has 0 fully saturated rings. The number of hydrogen-bond acceptors (Lipinski definition) is 1. The molecule has 290 valence electrons. The lowest BCUT2D eigenvalue weighted by Gasteiger charge is -2.27. The fourth-order valence-corrected chi connectivity index (χ4v) is 9.62. The minimum Gasteiger partial charge on any atom is -0.310 e. The summed E-state index contributed by atoms with van der Waals surface area (Å²) in [5, 5.41) is 7.46. The minimum atomic E-state index is 1.11. The largest absolute Gasteiger partial charge is 0.310 e. The Labute approximate surface area is 360 Å². The molecule has 0 spiro atoms. The van der Waals surface area contributed by atoms with Crippen molar-refractivity contribution < 1.29 is 0 Å². The molecule has 10 aromatic carbocycles. The van der Waals surface area contributed by atoms with Crippen molar-refractivity contribution in [2.24, 2.45) is 0 Å². The van der Waals surface area contributed by atoms with Crippen molar-refractivity contribution in [1.29, 1.82) is 0 Å². The fourth-order valence-electron chi connectivity index (χ4n) is 9.62. The zero-order valence-electron chi connectivity index (χ0n) is 34.0. The van der Waals surface area contributed by atoms with Crippen LogP contribution in [0.3, 0.4) is 0 Å². The Morgan fingerprint density at radius 3 is 1.37 bits per heavy atom. The average molecular weight is 789 g/mol. The predicted octanol–water partition coefficient (Wildman–Crippen LogP) is 16.7. The van der Waals surface area contributed by atoms with Gasteiger partial charge in [-0.15, -0.1) is 0 Å². The van der Waals surface area contributed by atoms with E-state index in [1.54, 1.807) is 0 Å². The molecule has 0 aliphatic carbocycles. The molecule has 0 atom stereocenters. The summed E-state index contributed by atoms with van der Waals surface area (Å²) in [6.45, 7) is 0. The number of para-hydroxylation sites is 2. The third-order valence-electron chi connectivity index (χ3n) is 12.6. The molecule has 2 aromatic heterocycles. The summed E-state index contributed by atoms with van der Waals surface area (Å²) in [5.41, 5.74) is 16.7. The van der Waals surface area contributed by atoms with E-state index in [-0.39, 0.29) is 0 Å². The lowest BCUT2D eigenvalue weighted by molar-refractivity contribution is 1.30. The first-order chi connectivity index (χ1) is 30.8. The lowest BCUT2D eigenvalue weighted by Crippen LogP contribution is -2.10. The molecule has 2 heteroatoms. The fraction of sp³-hybridized carbons (Fsp3) is 0. The first-order valence-electron chi connectivity index (χ1n) is 21.3. The molecule has 0 radical (unpaired) electrons. The predicted molar refractivity (Wildman–Crippen MR) is 264 cm³/mol. The number of pyridine rings is 1. The molecule has 2 heterocycles. The summed E-state index contributed by atoms with van der Waals surface area (Å²) in [7, 11) is 0. The topological polar surface area (TPSA) is 7.65 Å². The number of nitrogens with zero attached hydrogens (tertiary/aromatic N) is 2. The molecule has 0 aliphatic rings. The summed E-state index contributed by atoms with van der Waals surface area (Å²) < 4.78 is 2.48. The van der Waals surface area contributed by atoms with E-state index in [1.165, 1.54) is 93.4 Å². The van der Waals surface area contributed by atoms with Crippen LogP contribution in [0.25, 0.3) is 93.4 Å². The highest BCUT2D eigenvalue weighted by Gasteiger charge is 2.20. The van der Waals surface area contributed by atoms with E-state index in [0.29, 0.717) is 0 Å². The van der Waals surface area contributed by atoms with Crippen LogP contribution in [0.2, 0.25) is 0 Å². The van der Waals surface area contributed by atoms with Crippen molar-refractivity contribution in [2.45, 2.75) is 0 Å². The van der Waals surface area contributed by atoms with Crippen molar-refractivity contribution in [2.75, 3.05) is 4.90 Å². The highest BCUT2D eigenvalue weighted by Crippen LogP contribution is 2.44. The Bertz CT molecular complexity index is 3580. The maximum absolute atomic E-state index is 2.48. The van der Waals surface area contributed by atoms with Crippen LogP contribution in [0.1, 0.15) is 0 Å². The van der Waals surface area contributed by atoms with Gasteiger partial charge in [-0.1, -0.05) is 194 Å². The van der Waals surface area contributed by atoms with Crippen molar-refractivity contribution in [1.82, 2.24) is 4.40 Å². The molecule has 0 aliphatic heterocycles. The second-order valence-electron chi connectivity index (χ2n) is 16.1. The zero-order valence-corrected chi connectivity index (χ0v) is 34.0. The monoisotopic (exact) mass is 788 g/mol. The molecule has 2 nitrogen and oxygen atoms in total. The average Bonchev–Trinajstić information content (AvgIpc) is 3.71. The van der Waals surface area contributed by atoms with Crippen LogP contribution >= 0.6 is 0 Å². The van der Waals surface area contributed by atoms with E-state index in [1.807, 2.05) is 0 Å². The van der Waals surface area contributed by atoms with Gasteiger partial charge in [-0.3, -0.25) is 0 Å². The summed E-state index contributed by atoms with van der Waals surface area (Å²) in [6, 6.07) is 88.3. The van der Waals surface area contributed by atoms with Crippen LogP contribution in [0.4, 0.5) is 17.1 Å². The van der Waals surface area contributed by atoms with Crippen LogP contribution in [0, 0.1) is 0 Å². The van der Waals surface area contributed by atoms with Gasteiger partial charge < -0.3 is 9.30 Å². The highest BCUT2D eigenvalue weighted by molar-refractivity contribution is 6.22. The normalized spacial score (nSPS) is 11.5. The molecule has 12 rings (SSSR count). The number of rotatable bonds is 7. The first kappa shape index (κ1) is 35.7. The maximum Gasteiger partial charge on any atom is 0.0626 e. The number of hydrogen-bond donors (Lipinski definition) is 0. The van der Waals surface area contributed by atoms with Gasteiger partial charge in [0.1, 0.15) is 0 Å². The molecule has 62 heavy (non-hydrogen) atoms. The molecule has 0 bridgehead atoms. The van der Waals surface area contributed by atoms with Crippen LogP contribution in [0.5, 0.6) is 0 Å². The van der Waals surface area contributed by atoms with E-state index >= 15 is 0 Å². The van der Waals surface area contributed by atoms with Gasteiger partial charge in [0, 0.05) is 38.5 Å². The summed E-state index contributed by atoms with van der Waals surface area (Å²) in [6.07, 6.45) is 0. The van der Waals surface area contributed by atoms with Gasteiger partial charge in [0.05, 0.1) is 22.2 Å². The molecule has 0 unspecified atom stereocenters. The molecule has 0 amide bonds. The highest BCUT2D eigenvalue weighted by atomic mass is 15.1. The third-order valence-corrected chi connectivity index (χ3v) is 12.6. The maximum atomic E-state index is 2.48. The molecular weight excluding hydrogens is 749 g/mol. The van der Waals surface area contributed by atoms with Crippen LogP contribution < -0.4 is 4.90 Å². The van der Waals surface area contributed by atoms with Crippen molar-refractivity contribution in [3.8, 4) is 44.5 Å². The van der Waals surface area contributed by atoms with E-state index in [9.17, 15) is 0 Å². The van der Waals surface area contributed by atoms with Gasteiger partial charge in [-0.2, -0.15) is 0 Å². The SMILES string of the molecule is c1ccc(-c2ccc(N(c3ccc(-c4ccc(-c5ccc6c7ccccc7n7c8ccccc8c(-c8ccccc8)c7c6c5)cc4)cc3)c3cccc4ccccc34)cc2)cc1. The summed E-state index contributed by atoms with van der Waals surface area (Å²) >= 11 is 0. The second-order valence-corrected chi connectivity index (χ2v) is 16.1. The van der Waals surface area contributed by atoms with E-state index in [4.69, 9.17) is 0 Å². The number of benzene rings is 10. The molecule has 0 saturated heterocycles. The quantitative estimate of drug-likeness (QED) is 0.146. The smallest absolute Gasteiger partial charge is 0.0626 e. The van der Waals surface area contributed by atoms with Gasteiger partial charge in [0.25, 0.3) is 0 Å². The standard InChI is InChI=1S/C60H40N2/c1-3-14-41(15-4-1)43-30-35-49(36-31-43)61(56-25-13-19-46-16-7-8-20-51(46)56)50-37-32-44(33-38-50)42-26-28-45(29-27-42)48-34-39-52-53-21-9-11-23-57(53)62-58-24-12-10-22-54(58)59(60(62)55(52)40-48)47-17-5-2-6-18-47/h1-40H. The first-order valence-corrected chi connectivity index (χ1v) is 21.3. The molecule has 0 N–H and O–H groups in total. The van der Waals surface area contributed by atoms with E-state index < -0.39 is 0 Å². The van der Waals surface area contributed by atoms with Crippen molar-refractivity contribution >= 4 is 65.9 Å². The number of anilines is 3.